The minimum Gasteiger partial charge on any atom is -0.349 e. The predicted octanol–water partition coefficient (Wildman–Crippen LogP) is 4.90. The zero-order chi connectivity index (χ0) is 21.3. The highest BCUT2D eigenvalue weighted by molar-refractivity contribution is 7.09. The Hall–Kier alpha value is -2.92. The van der Waals surface area contributed by atoms with Gasteiger partial charge in [-0.1, -0.05) is 66.2 Å². The fourth-order valence-corrected chi connectivity index (χ4v) is 4.11. The summed E-state index contributed by atoms with van der Waals surface area (Å²) < 4.78 is 0. The standard InChI is InChI=1S/C25H28N2O2S/c1-19-10-12-22(13-11-19)24(26-20(2)28)17-25(29)27(18-23-9-6-16-30-23)15-14-21-7-4-3-5-8-21/h3-13,16,24H,14-15,17-18H2,1-2H3,(H,26,28). The number of rotatable bonds is 9. The summed E-state index contributed by atoms with van der Waals surface area (Å²) in [5.74, 6) is -0.0962. The molecule has 1 N–H and O–H groups in total. The first-order valence-corrected chi connectivity index (χ1v) is 11.1. The molecule has 0 aliphatic carbocycles. The third kappa shape index (κ3) is 6.56. The van der Waals surface area contributed by atoms with Crippen LogP contribution in [0, 0.1) is 6.92 Å². The number of aryl methyl sites for hydroxylation is 1. The van der Waals surface area contributed by atoms with Crippen LogP contribution >= 0.6 is 11.3 Å². The average Bonchev–Trinajstić information content (AvgIpc) is 3.25. The van der Waals surface area contributed by atoms with Gasteiger partial charge in [-0.3, -0.25) is 9.59 Å². The van der Waals surface area contributed by atoms with E-state index >= 15 is 0 Å². The largest absolute Gasteiger partial charge is 0.349 e. The molecule has 156 valence electrons. The summed E-state index contributed by atoms with van der Waals surface area (Å²) in [5.41, 5.74) is 3.30. The van der Waals surface area contributed by atoms with Crippen LogP contribution in [0.1, 0.15) is 41.0 Å². The van der Waals surface area contributed by atoms with Gasteiger partial charge in [0.05, 0.1) is 19.0 Å². The maximum absolute atomic E-state index is 13.3. The maximum Gasteiger partial charge on any atom is 0.225 e. The van der Waals surface area contributed by atoms with Crippen LogP contribution in [0.15, 0.2) is 72.1 Å². The molecule has 0 aliphatic heterocycles. The van der Waals surface area contributed by atoms with Crippen molar-refractivity contribution in [3.05, 3.63) is 93.7 Å². The van der Waals surface area contributed by atoms with Gasteiger partial charge in [0.25, 0.3) is 0 Å². The van der Waals surface area contributed by atoms with Gasteiger partial charge < -0.3 is 10.2 Å². The smallest absolute Gasteiger partial charge is 0.225 e. The molecular weight excluding hydrogens is 392 g/mol. The molecule has 0 bridgehead atoms. The van der Waals surface area contributed by atoms with Crippen molar-refractivity contribution < 1.29 is 9.59 Å². The maximum atomic E-state index is 13.3. The fraction of sp³-hybridized carbons (Fsp3) is 0.280. The molecule has 1 heterocycles. The van der Waals surface area contributed by atoms with Crippen LogP contribution in [0.2, 0.25) is 0 Å². The van der Waals surface area contributed by atoms with Crippen LogP contribution < -0.4 is 5.32 Å². The van der Waals surface area contributed by atoms with Crippen LogP contribution in [-0.2, 0) is 22.6 Å². The zero-order valence-electron chi connectivity index (χ0n) is 17.5. The second-order valence-corrected chi connectivity index (χ2v) is 8.53. The number of nitrogens with zero attached hydrogens (tertiary/aromatic N) is 1. The number of hydrogen-bond donors (Lipinski definition) is 1. The van der Waals surface area contributed by atoms with E-state index in [0.29, 0.717) is 13.1 Å². The van der Waals surface area contributed by atoms with Gasteiger partial charge in [-0.05, 0) is 35.9 Å². The molecule has 2 aromatic carbocycles. The van der Waals surface area contributed by atoms with E-state index in [0.717, 1.165) is 22.4 Å². The van der Waals surface area contributed by atoms with Gasteiger partial charge in [0, 0.05) is 18.3 Å². The van der Waals surface area contributed by atoms with Gasteiger partial charge in [0.2, 0.25) is 11.8 Å². The van der Waals surface area contributed by atoms with Gasteiger partial charge in [-0.2, -0.15) is 0 Å². The van der Waals surface area contributed by atoms with Crippen molar-refractivity contribution >= 4 is 23.2 Å². The van der Waals surface area contributed by atoms with E-state index in [2.05, 4.69) is 23.5 Å². The quantitative estimate of drug-likeness (QED) is 0.535. The van der Waals surface area contributed by atoms with Crippen LogP contribution in [0.4, 0.5) is 0 Å². The van der Waals surface area contributed by atoms with E-state index in [4.69, 9.17) is 0 Å². The first kappa shape index (κ1) is 21.8. The Labute approximate surface area is 182 Å². The van der Waals surface area contributed by atoms with Crippen molar-refractivity contribution in [1.82, 2.24) is 10.2 Å². The number of hydrogen-bond acceptors (Lipinski definition) is 3. The monoisotopic (exact) mass is 420 g/mol. The molecule has 2 amide bonds. The topological polar surface area (TPSA) is 49.4 Å². The highest BCUT2D eigenvalue weighted by Gasteiger charge is 2.22. The van der Waals surface area contributed by atoms with Gasteiger partial charge in [-0.15, -0.1) is 11.3 Å². The van der Waals surface area contributed by atoms with Crippen molar-refractivity contribution in [1.29, 1.82) is 0 Å². The lowest BCUT2D eigenvalue weighted by molar-refractivity contribution is -0.132. The molecule has 5 heteroatoms. The highest BCUT2D eigenvalue weighted by Crippen LogP contribution is 2.21. The summed E-state index contributed by atoms with van der Waals surface area (Å²) >= 11 is 1.65. The lowest BCUT2D eigenvalue weighted by Crippen LogP contribution is -2.36. The number of carbonyl (C=O) groups excluding carboxylic acids is 2. The number of nitrogens with one attached hydrogen (secondary N) is 1. The summed E-state index contributed by atoms with van der Waals surface area (Å²) in [6, 6.07) is 21.9. The second kappa shape index (κ2) is 10.7. The van der Waals surface area contributed by atoms with Crippen LogP contribution in [0.5, 0.6) is 0 Å². The molecule has 0 saturated carbocycles. The molecule has 3 aromatic rings. The molecule has 0 spiro atoms. The molecule has 0 fully saturated rings. The zero-order valence-corrected chi connectivity index (χ0v) is 18.3. The molecule has 1 unspecified atom stereocenters. The Morgan fingerprint density at radius 2 is 1.73 bits per heavy atom. The highest BCUT2D eigenvalue weighted by atomic mass is 32.1. The summed E-state index contributed by atoms with van der Waals surface area (Å²) in [6.45, 7) is 4.74. The van der Waals surface area contributed by atoms with E-state index in [1.807, 2.05) is 65.7 Å². The number of benzene rings is 2. The number of carbonyl (C=O) groups is 2. The number of amides is 2. The normalized spacial score (nSPS) is 11.7. The molecule has 1 atom stereocenters. The van der Waals surface area contributed by atoms with E-state index in [1.54, 1.807) is 11.3 Å². The molecule has 3 rings (SSSR count). The predicted molar refractivity (Wildman–Crippen MR) is 122 cm³/mol. The van der Waals surface area contributed by atoms with Crippen molar-refractivity contribution in [3.63, 3.8) is 0 Å². The Bertz CT molecular complexity index is 937. The Kier molecular flexibility index (Phi) is 7.80. The summed E-state index contributed by atoms with van der Waals surface area (Å²) in [7, 11) is 0. The van der Waals surface area contributed by atoms with Crippen molar-refractivity contribution in [2.24, 2.45) is 0 Å². The first-order chi connectivity index (χ1) is 14.5. The minimum absolute atomic E-state index is 0.0404. The van der Waals surface area contributed by atoms with Crippen molar-refractivity contribution in [3.8, 4) is 0 Å². The summed E-state index contributed by atoms with van der Waals surface area (Å²) in [6.07, 6.45) is 1.04. The average molecular weight is 421 g/mol. The van der Waals surface area contributed by atoms with E-state index in [1.165, 1.54) is 12.5 Å². The number of thiophene rings is 1. The third-order valence-corrected chi connectivity index (χ3v) is 5.89. The molecule has 0 saturated heterocycles. The molecule has 0 aliphatic rings. The van der Waals surface area contributed by atoms with Gasteiger partial charge in [0.1, 0.15) is 0 Å². The lowest BCUT2D eigenvalue weighted by Gasteiger charge is -2.26. The van der Waals surface area contributed by atoms with E-state index in [9.17, 15) is 9.59 Å². The lowest BCUT2D eigenvalue weighted by atomic mass is 10.0. The first-order valence-electron chi connectivity index (χ1n) is 10.2. The molecule has 0 radical (unpaired) electrons. The minimum atomic E-state index is -0.335. The van der Waals surface area contributed by atoms with Crippen molar-refractivity contribution in [2.45, 2.75) is 39.3 Å². The Balaban J connectivity index is 1.74. The molecular formula is C25H28N2O2S. The van der Waals surface area contributed by atoms with E-state index < -0.39 is 0 Å². The summed E-state index contributed by atoms with van der Waals surface area (Å²) in [4.78, 5) is 28.1. The van der Waals surface area contributed by atoms with Crippen LogP contribution in [0.3, 0.4) is 0 Å². The van der Waals surface area contributed by atoms with E-state index in [-0.39, 0.29) is 24.3 Å². The second-order valence-electron chi connectivity index (χ2n) is 7.50. The Morgan fingerprint density at radius 3 is 2.37 bits per heavy atom. The van der Waals surface area contributed by atoms with Gasteiger partial charge in [0.15, 0.2) is 0 Å². The van der Waals surface area contributed by atoms with Gasteiger partial charge in [-0.25, -0.2) is 0 Å². The molecule has 1 aromatic heterocycles. The summed E-state index contributed by atoms with van der Waals surface area (Å²) in [5, 5.41) is 4.98. The van der Waals surface area contributed by atoms with Crippen molar-refractivity contribution in [2.75, 3.05) is 6.54 Å². The van der Waals surface area contributed by atoms with Crippen LogP contribution in [-0.4, -0.2) is 23.3 Å². The molecule has 30 heavy (non-hydrogen) atoms. The SMILES string of the molecule is CC(=O)NC(CC(=O)N(CCc1ccccc1)Cc1cccs1)c1ccc(C)cc1. The molecule has 4 nitrogen and oxygen atoms in total. The Morgan fingerprint density at radius 1 is 1.00 bits per heavy atom. The fourth-order valence-electron chi connectivity index (χ4n) is 3.39. The van der Waals surface area contributed by atoms with Gasteiger partial charge >= 0.3 is 0 Å². The van der Waals surface area contributed by atoms with Crippen LogP contribution in [0.25, 0.3) is 0 Å². The third-order valence-electron chi connectivity index (χ3n) is 5.03.